The normalized spacial score (nSPS) is 11.5. The Morgan fingerprint density at radius 1 is 1.35 bits per heavy atom. The van der Waals surface area contributed by atoms with E-state index in [0.717, 1.165) is 6.29 Å². The summed E-state index contributed by atoms with van der Waals surface area (Å²) in [5, 5.41) is 8.57. The highest BCUT2D eigenvalue weighted by atomic mass is 16.5. The molecule has 0 aliphatic rings. The number of ether oxygens (including phenoxy) is 1. The highest BCUT2D eigenvalue weighted by Crippen LogP contribution is 2.13. The molecule has 6 nitrogen and oxygen atoms in total. The van der Waals surface area contributed by atoms with Crippen molar-refractivity contribution in [3.05, 3.63) is 29.8 Å². The highest BCUT2D eigenvalue weighted by Gasteiger charge is 2.19. The van der Waals surface area contributed by atoms with Gasteiger partial charge in [0.25, 0.3) is 5.91 Å². The minimum absolute atomic E-state index is 0.108. The zero-order chi connectivity index (χ0) is 15.1. The maximum absolute atomic E-state index is 11.9. The number of carboxylic acid groups (broad SMARTS) is 1. The molecule has 0 heterocycles. The highest BCUT2D eigenvalue weighted by molar-refractivity contribution is 5.81. The third-order valence-electron chi connectivity index (χ3n) is 2.71. The molecule has 20 heavy (non-hydrogen) atoms. The predicted molar refractivity (Wildman–Crippen MR) is 71.8 cm³/mol. The summed E-state index contributed by atoms with van der Waals surface area (Å²) in [7, 11) is 1.53. The summed E-state index contributed by atoms with van der Waals surface area (Å²) < 4.78 is 5.45. The lowest BCUT2D eigenvalue weighted by molar-refractivity contribution is -0.140. The largest absolute Gasteiger partial charge is 0.481 e. The van der Waals surface area contributed by atoms with Crippen molar-refractivity contribution in [1.29, 1.82) is 0 Å². The standard InChI is InChI=1S/C14H17NO5/c1-10(14(19)15(2)8-7-13(17)18)20-12-5-3-11(9-16)4-6-12/h3-6,9-10H,7-8H2,1-2H3,(H,17,18). The zero-order valence-electron chi connectivity index (χ0n) is 11.4. The third kappa shape index (κ3) is 4.72. The molecule has 6 heteroatoms. The molecule has 0 fully saturated rings. The van der Waals surface area contributed by atoms with Crippen molar-refractivity contribution in [1.82, 2.24) is 4.90 Å². The van der Waals surface area contributed by atoms with Gasteiger partial charge in [-0.15, -0.1) is 0 Å². The molecule has 1 amide bonds. The Bertz CT molecular complexity index is 483. The van der Waals surface area contributed by atoms with Gasteiger partial charge in [-0.25, -0.2) is 0 Å². The number of hydrogen-bond donors (Lipinski definition) is 1. The SMILES string of the molecule is CC(Oc1ccc(C=O)cc1)C(=O)N(C)CCC(=O)O. The number of carbonyl (C=O) groups is 3. The molecule has 1 atom stereocenters. The monoisotopic (exact) mass is 279 g/mol. The van der Waals surface area contributed by atoms with Crippen LogP contribution in [0.4, 0.5) is 0 Å². The fourth-order valence-electron chi connectivity index (χ4n) is 1.56. The molecule has 0 aliphatic carbocycles. The van der Waals surface area contributed by atoms with Crippen LogP contribution >= 0.6 is 0 Å². The lowest BCUT2D eigenvalue weighted by atomic mass is 10.2. The second-order valence-corrected chi connectivity index (χ2v) is 4.35. The predicted octanol–water partition coefficient (Wildman–Crippen LogP) is 1.20. The average Bonchev–Trinajstić information content (AvgIpc) is 2.44. The van der Waals surface area contributed by atoms with Crippen molar-refractivity contribution >= 4 is 18.2 Å². The van der Waals surface area contributed by atoms with Crippen LogP contribution in [0.25, 0.3) is 0 Å². The number of nitrogens with zero attached hydrogens (tertiary/aromatic N) is 1. The molecule has 1 aromatic carbocycles. The van der Waals surface area contributed by atoms with Crippen LogP contribution in [0.2, 0.25) is 0 Å². The van der Waals surface area contributed by atoms with Crippen LogP contribution in [0.3, 0.4) is 0 Å². The van der Waals surface area contributed by atoms with E-state index in [1.165, 1.54) is 11.9 Å². The van der Waals surface area contributed by atoms with Gasteiger partial charge in [0.05, 0.1) is 6.42 Å². The maximum Gasteiger partial charge on any atom is 0.305 e. The van der Waals surface area contributed by atoms with E-state index < -0.39 is 12.1 Å². The number of aldehydes is 1. The van der Waals surface area contributed by atoms with Crippen LogP contribution in [0.5, 0.6) is 5.75 Å². The number of aliphatic carboxylic acids is 1. The van der Waals surface area contributed by atoms with Crippen LogP contribution < -0.4 is 4.74 Å². The molecule has 0 spiro atoms. The van der Waals surface area contributed by atoms with E-state index in [0.29, 0.717) is 11.3 Å². The van der Waals surface area contributed by atoms with Gasteiger partial charge in [-0.2, -0.15) is 0 Å². The smallest absolute Gasteiger partial charge is 0.305 e. The first-order valence-electron chi connectivity index (χ1n) is 6.12. The second-order valence-electron chi connectivity index (χ2n) is 4.35. The van der Waals surface area contributed by atoms with Crippen molar-refractivity contribution in [2.75, 3.05) is 13.6 Å². The Labute approximate surface area is 117 Å². The van der Waals surface area contributed by atoms with E-state index in [9.17, 15) is 14.4 Å². The molecular weight excluding hydrogens is 262 g/mol. The van der Waals surface area contributed by atoms with Crippen LogP contribution in [-0.2, 0) is 9.59 Å². The minimum atomic E-state index is -0.956. The summed E-state index contributed by atoms with van der Waals surface area (Å²) in [5.41, 5.74) is 0.523. The Morgan fingerprint density at radius 2 is 1.95 bits per heavy atom. The van der Waals surface area contributed by atoms with Crippen molar-refractivity contribution < 1.29 is 24.2 Å². The van der Waals surface area contributed by atoms with Crippen LogP contribution in [0.1, 0.15) is 23.7 Å². The third-order valence-corrected chi connectivity index (χ3v) is 2.71. The van der Waals surface area contributed by atoms with Gasteiger partial charge in [-0.05, 0) is 31.2 Å². The summed E-state index contributed by atoms with van der Waals surface area (Å²) in [5.74, 6) is -0.781. The first-order chi connectivity index (χ1) is 9.43. The Morgan fingerprint density at radius 3 is 2.45 bits per heavy atom. The fraction of sp³-hybridized carbons (Fsp3) is 0.357. The van der Waals surface area contributed by atoms with Gasteiger partial charge in [0.1, 0.15) is 12.0 Å². The lowest BCUT2D eigenvalue weighted by Gasteiger charge is -2.21. The number of hydrogen-bond acceptors (Lipinski definition) is 4. The molecule has 0 aliphatic heterocycles. The zero-order valence-corrected chi connectivity index (χ0v) is 11.4. The molecule has 0 radical (unpaired) electrons. The van der Waals surface area contributed by atoms with Gasteiger partial charge in [0.15, 0.2) is 6.10 Å². The van der Waals surface area contributed by atoms with Crippen molar-refractivity contribution in [3.8, 4) is 5.75 Å². The summed E-state index contributed by atoms with van der Waals surface area (Å²) >= 11 is 0. The Kier molecular flexibility index (Phi) is 5.71. The number of amides is 1. The summed E-state index contributed by atoms with van der Waals surface area (Å²) in [6.07, 6.45) is -0.114. The van der Waals surface area contributed by atoms with Crippen LogP contribution in [0.15, 0.2) is 24.3 Å². The number of carboxylic acids is 1. The van der Waals surface area contributed by atoms with Gasteiger partial charge < -0.3 is 14.7 Å². The molecule has 0 bridgehead atoms. The number of rotatable bonds is 7. The fourth-order valence-corrected chi connectivity index (χ4v) is 1.56. The van der Waals surface area contributed by atoms with Crippen molar-refractivity contribution in [2.24, 2.45) is 0 Å². The quantitative estimate of drug-likeness (QED) is 0.758. The Balaban J connectivity index is 2.55. The van der Waals surface area contributed by atoms with Crippen LogP contribution in [0, 0.1) is 0 Å². The first kappa shape index (κ1) is 15.7. The Hall–Kier alpha value is -2.37. The lowest BCUT2D eigenvalue weighted by Crippen LogP contribution is -2.38. The summed E-state index contributed by atoms with van der Waals surface area (Å²) in [4.78, 5) is 34.2. The molecule has 108 valence electrons. The molecule has 0 saturated heterocycles. The van der Waals surface area contributed by atoms with E-state index >= 15 is 0 Å². The van der Waals surface area contributed by atoms with E-state index in [2.05, 4.69) is 0 Å². The molecule has 1 unspecified atom stereocenters. The van der Waals surface area contributed by atoms with Crippen molar-refractivity contribution in [2.45, 2.75) is 19.4 Å². The number of likely N-dealkylation sites (N-methyl/N-ethyl adjacent to an activating group) is 1. The maximum atomic E-state index is 11.9. The minimum Gasteiger partial charge on any atom is -0.481 e. The van der Waals surface area contributed by atoms with Crippen LogP contribution in [-0.4, -0.2) is 47.9 Å². The molecule has 1 N–H and O–H groups in total. The first-order valence-corrected chi connectivity index (χ1v) is 6.12. The molecule has 0 aromatic heterocycles. The molecular formula is C14H17NO5. The topological polar surface area (TPSA) is 83.9 Å². The molecule has 1 aromatic rings. The van der Waals surface area contributed by atoms with Gasteiger partial charge in [-0.3, -0.25) is 14.4 Å². The van der Waals surface area contributed by atoms with Gasteiger partial charge >= 0.3 is 5.97 Å². The molecule has 1 rings (SSSR count). The number of carbonyl (C=O) groups excluding carboxylic acids is 2. The van der Waals surface area contributed by atoms with E-state index in [4.69, 9.17) is 9.84 Å². The van der Waals surface area contributed by atoms with Gasteiger partial charge in [-0.1, -0.05) is 0 Å². The van der Waals surface area contributed by atoms with Gasteiger partial charge in [0, 0.05) is 19.2 Å². The van der Waals surface area contributed by atoms with E-state index in [1.54, 1.807) is 31.2 Å². The number of benzene rings is 1. The summed E-state index contributed by atoms with van der Waals surface area (Å²) in [6.45, 7) is 1.72. The van der Waals surface area contributed by atoms with Gasteiger partial charge in [0.2, 0.25) is 0 Å². The van der Waals surface area contributed by atoms with E-state index in [-0.39, 0.29) is 18.9 Å². The van der Waals surface area contributed by atoms with Crippen molar-refractivity contribution in [3.63, 3.8) is 0 Å². The molecule has 0 saturated carbocycles. The second kappa shape index (κ2) is 7.28. The van der Waals surface area contributed by atoms with E-state index in [1.807, 2.05) is 0 Å². The average molecular weight is 279 g/mol. The summed E-state index contributed by atoms with van der Waals surface area (Å²) in [6, 6.07) is 6.39.